The first-order chi connectivity index (χ1) is 13.5. The molecule has 7 heteroatoms. The van der Waals surface area contributed by atoms with E-state index in [1.54, 1.807) is 27.4 Å². The maximum Gasteiger partial charge on any atom is 0.337 e. The number of carbonyl (C=O) groups excluding carboxylic acids is 1. The number of likely N-dealkylation sites (N-methyl/N-ethyl adjacent to an activating group) is 1. The van der Waals surface area contributed by atoms with Gasteiger partial charge in [-0.15, -0.1) is 0 Å². The van der Waals surface area contributed by atoms with Crippen molar-refractivity contribution < 1.29 is 23.7 Å². The highest BCUT2D eigenvalue weighted by Crippen LogP contribution is 2.46. The average molecular weight is 386 g/mol. The molecule has 0 spiro atoms. The van der Waals surface area contributed by atoms with Gasteiger partial charge in [-0.25, -0.2) is 4.79 Å². The van der Waals surface area contributed by atoms with E-state index in [1.807, 2.05) is 32.3 Å². The molecule has 0 radical (unpaired) electrons. The minimum atomic E-state index is -0.367. The summed E-state index contributed by atoms with van der Waals surface area (Å²) in [5.41, 5.74) is 2.33. The summed E-state index contributed by atoms with van der Waals surface area (Å²) in [6, 6.07) is 7.51. The number of aromatic nitrogens is 1. The summed E-state index contributed by atoms with van der Waals surface area (Å²) in [5.74, 6) is 1.37. The van der Waals surface area contributed by atoms with Crippen LogP contribution in [0.25, 0.3) is 21.8 Å². The average Bonchev–Trinajstić information content (AvgIpc) is 3.02. The van der Waals surface area contributed by atoms with E-state index in [-0.39, 0.29) is 5.97 Å². The quantitative estimate of drug-likeness (QED) is 0.581. The molecule has 7 nitrogen and oxygen atoms in total. The Labute approximate surface area is 164 Å². The monoisotopic (exact) mass is 386 g/mol. The Morgan fingerprint density at radius 3 is 2.25 bits per heavy atom. The Kier molecular flexibility index (Phi) is 5.65. The highest BCUT2D eigenvalue weighted by Gasteiger charge is 2.23. The maximum atomic E-state index is 12.1. The molecular weight excluding hydrogens is 360 g/mol. The lowest BCUT2D eigenvalue weighted by Crippen LogP contribution is -2.18. The van der Waals surface area contributed by atoms with E-state index < -0.39 is 0 Å². The molecule has 0 aliphatic rings. The van der Waals surface area contributed by atoms with Gasteiger partial charge in [-0.2, -0.15) is 0 Å². The highest BCUT2D eigenvalue weighted by molar-refractivity contribution is 6.13. The van der Waals surface area contributed by atoms with Crippen LogP contribution in [0.1, 0.15) is 10.4 Å². The first-order valence-corrected chi connectivity index (χ1v) is 8.94. The van der Waals surface area contributed by atoms with E-state index in [0.29, 0.717) is 29.4 Å². The normalized spacial score (nSPS) is 11.2. The number of fused-ring (bicyclic) bond motifs is 3. The minimum Gasteiger partial charge on any atom is -0.493 e. The van der Waals surface area contributed by atoms with Crippen LogP contribution in [0.15, 0.2) is 24.3 Å². The maximum absolute atomic E-state index is 12.1. The predicted molar refractivity (Wildman–Crippen MR) is 109 cm³/mol. The number of hydrogen-bond acceptors (Lipinski definition) is 6. The van der Waals surface area contributed by atoms with Gasteiger partial charge in [0, 0.05) is 23.9 Å². The topological polar surface area (TPSA) is 62.2 Å². The van der Waals surface area contributed by atoms with Gasteiger partial charge in [0.1, 0.15) is 0 Å². The first-order valence-electron chi connectivity index (χ1n) is 8.94. The van der Waals surface area contributed by atoms with Crippen molar-refractivity contribution in [3.8, 4) is 17.2 Å². The van der Waals surface area contributed by atoms with Crippen LogP contribution < -0.4 is 14.2 Å². The Balaban J connectivity index is 2.42. The molecule has 0 N–H and O–H groups in total. The zero-order valence-corrected chi connectivity index (χ0v) is 17.2. The molecule has 0 atom stereocenters. The Bertz CT molecular complexity index is 1020. The summed E-state index contributed by atoms with van der Waals surface area (Å²) in [7, 11) is 10.2. The molecule has 150 valence electrons. The van der Waals surface area contributed by atoms with Gasteiger partial charge in [0.25, 0.3) is 0 Å². The number of carbonyl (C=O) groups is 1. The Morgan fingerprint density at radius 1 is 0.964 bits per heavy atom. The SMILES string of the molecule is COC(=O)c1ccc2c3cc(OC)c(OC)c(OC)c3n(CCN(C)C)c2c1. The second-order valence-electron chi connectivity index (χ2n) is 6.72. The molecule has 0 saturated heterocycles. The molecule has 0 aliphatic heterocycles. The predicted octanol–water partition coefficient (Wildman–Crippen LogP) is 3.17. The third kappa shape index (κ3) is 3.22. The second-order valence-corrected chi connectivity index (χ2v) is 6.72. The van der Waals surface area contributed by atoms with Crippen molar-refractivity contribution in [1.82, 2.24) is 9.47 Å². The minimum absolute atomic E-state index is 0.367. The lowest BCUT2D eigenvalue weighted by molar-refractivity contribution is 0.0601. The molecule has 0 aliphatic carbocycles. The standard InChI is InChI=1S/C21H26N2O5/c1-22(2)9-10-23-16-11-13(21(24)28-6)7-8-14(16)15-12-17(25-3)19(26-4)20(27-5)18(15)23/h7-8,11-12H,9-10H2,1-6H3. The van der Waals surface area contributed by atoms with Crippen LogP contribution in [0, 0.1) is 0 Å². The summed E-state index contributed by atoms with van der Waals surface area (Å²) < 4.78 is 23.9. The molecule has 0 amide bonds. The van der Waals surface area contributed by atoms with Crippen LogP contribution in [-0.2, 0) is 11.3 Å². The number of benzene rings is 2. The molecule has 0 saturated carbocycles. The van der Waals surface area contributed by atoms with Gasteiger partial charge in [0.15, 0.2) is 11.5 Å². The molecule has 0 unspecified atom stereocenters. The van der Waals surface area contributed by atoms with Crippen molar-refractivity contribution in [3.63, 3.8) is 0 Å². The summed E-state index contributed by atoms with van der Waals surface area (Å²) in [6.45, 7) is 1.53. The van der Waals surface area contributed by atoms with E-state index in [4.69, 9.17) is 18.9 Å². The molecule has 3 rings (SSSR count). The van der Waals surface area contributed by atoms with E-state index in [2.05, 4.69) is 9.47 Å². The van der Waals surface area contributed by atoms with Crippen LogP contribution in [-0.4, -0.2) is 64.5 Å². The van der Waals surface area contributed by atoms with Crippen LogP contribution in [0.2, 0.25) is 0 Å². The number of rotatable bonds is 7. The Morgan fingerprint density at radius 2 is 1.68 bits per heavy atom. The lowest BCUT2D eigenvalue weighted by atomic mass is 10.1. The van der Waals surface area contributed by atoms with Gasteiger partial charge in [-0.3, -0.25) is 0 Å². The van der Waals surface area contributed by atoms with E-state index in [0.717, 1.165) is 28.4 Å². The summed E-state index contributed by atoms with van der Waals surface area (Å²) in [4.78, 5) is 14.2. The summed E-state index contributed by atoms with van der Waals surface area (Å²) in [6.07, 6.45) is 0. The second kappa shape index (κ2) is 7.98. The third-order valence-corrected chi connectivity index (χ3v) is 4.84. The fourth-order valence-electron chi connectivity index (χ4n) is 3.49. The van der Waals surface area contributed by atoms with Crippen molar-refractivity contribution in [1.29, 1.82) is 0 Å². The van der Waals surface area contributed by atoms with E-state index in [9.17, 15) is 4.79 Å². The highest BCUT2D eigenvalue weighted by atomic mass is 16.5. The molecule has 3 aromatic rings. The fourth-order valence-corrected chi connectivity index (χ4v) is 3.49. The number of ether oxygens (including phenoxy) is 4. The van der Waals surface area contributed by atoms with Crippen molar-refractivity contribution in [3.05, 3.63) is 29.8 Å². The van der Waals surface area contributed by atoms with Crippen LogP contribution >= 0.6 is 0 Å². The molecule has 2 aromatic carbocycles. The summed E-state index contributed by atoms with van der Waals surface area (Å²) in [5, 5.41) is 1.97. The summed E-state index contributed by atoms with van der Waals surface area (Å²) >= 11 is 0. The third-order valence-electron chi connectivity index (χ3n) is 4.84. The molecule has 0 fully saturated rings. The van der Waals surface area contributed by atoms with Crippen molar-refractivity contribution >= 4 is 27.8 Å². The van der Waals surface area contributed by atoms with Gasteiger partial charge in [-0.05, 0) is 32.3 Å². The van der Waals surface area contributed by atoms with Gasteiger partial charge in [0.2, 0.25) is 5.75 Å². The zero-order chi connectivity index (χ0) is 20.4. The number of hydrogen-bond donors (Lipinski definition) is 0. The largest absolute Gasteiger partial charge is 0.493 e. The van der Waals surface area contributed by atoms with Gasteiger partial charge in [0.05, 0.1) is 45.0 Å². The molecule has 28 heavy (non-hydrogen) atoms. The van der Waals surface area contributed by atoms with Crippen LogP contribution in [0.4, 0.5) is 0 Å². The molecule has 1 heterocycles. The fraction of sp³-hybridized carbons (Fsp3) is 0.381. The number of esters is 1. The lowest BCUT2D eigenvalue weighted by Gasteiger charge is -2.17. The zero-order valence-electron chi connectivity index (χ0n) is 17.2. The van der Waals surface area contributed by atoms with Crippen molar-refractivity contribution in [2.24, 2.45) is 0 Å². The molecule has 0 bridgehead atoms. The first kappa shape index (κ1) is 19.8. The smallest absolute Gasteiger partial charge is 0.337 e. The van der Waals surface area contributed by atoms with Gasteiger partial charge >= 0.3 is 5.97 Å². The Hall–Kier alpha value is -2.93. The van der Waals surface area contributed by atoms with Gasteiger partial charge < -0.3 is 28.4 Å². The molecular formula is C21H26N2O5. The van der Waals surface area contributed by atoms with Crippen LogP contribution in [0.3, 0.4) is 0 Å². The van der Waals surface area contributed by atoms with Crippen LogP contribution in [0.5, 0.6) is 17.2 Å². The number of nitrogens with zero attached hydrogens (tertiary/aromatic N) is 2. The number of methoxy groups -OCH3 is 4. The van der Waals surface area contributed by atoms with E-state index in [1.165, 1.54) is 7.11 Å². The molecule has 1 aromatic heterocycles. The van der Waals surface area contributed by atoms with Crippen molar-refractivity contribution in [2.45, 2.75) is 6.54 Å². The van der Waals surface area contributed by atoms with Crippen molar-refractivity contribution in [2.75, 3.05) is 49.1 Å². The van der Waals surface area contributed by atoms with E-state index >= 15 is 0 Å². The van der Waals surface area contributed by atoms with Gasteiger partial charge in [-0.1, -0.05) is 6.07 Å².